The Morgan fingerprint density at radius 2 is 2.00 bits per heavy atom. The zero-order valence-electron chi connectivity index (χ0n) is 11.4. The van der Waals surface area contributed by atoms with Gasteiger partial charge in [0.15, 0.2) is 0 Å². The summed E-state index contributed by atoms with van der Waals surface area (Å²) in [4.78, 5) is 0. The van der Waals surface area contributed by atoms with Gasteiger partial charge < -0.3 is 14.8 Å². The van der Waals surface area contributed by atoms with Crippen LogP contribution in [0.3, 0.4) is 0 Å². The minimum absolute atomic E-state index is 0.106. The van der Waals surface area contributed by atoms with Crippen molar-refractivity contribution in [3.05, 3.63) is 24.3 Å². The number of ether oxygens (including phenoxy) is 2. The predicted molar refractivity (Wildman–Crippen MR) is 71.8 cm³/mol. The van der Waals surface area contributed by atoms with Crippen LogP contribution >= 0.6 is 0 Å². The van der Waals surface area contributed by atoms with E-state index in [-0.39, 0.29) is 5.60 Å². The highest BCUT2D eigenvalue weighted by Gasteiger charge is 2.19. The zero-order valence-corrected chi connectivity index (χ0v) is 11.4. The van der Waals surface area contributed by atoms with Crippen molar-refractivity contribution < 1.29 is 9.47 Å². The summed E-state index contributed by atoms with van der Waals surface area (Å²) < 4.78 is 10.6. The van der Waals surface area contributed by atoms with E-state index in [1.165, 1.54) is 0 Å². The fourth-order valence-electron chi connectivity index (χ4n) is 1.87. The monoisotopic (exact) mass is 237 g/mol. The Hall–Kier alpha value is -1.22. The molecule has 3 heteroatoms. The van der Waals surface area contributed by atoms with Crippen LogP contribution in [0.5, 0.6) is 5.75 Å². The van der Waals surface area contributed by atoms with Crippen LogP contribution in [0.4, 0.5) is 5.69 Å². The average molecular weight is 237 g/mol. The fourth-order valence-corrected chi connectivity index (χ4v) is 1.87. The van der Waals surface area contributed by atoms with Gasteiger partial charge in [0.25, 0.3) is 0 Å². The molecule has 0 bridgehead atoms. The first-order valence-electron chi connectivity index (χ1n) is 5.92. The maximum atomic E-state index is 5.43. The Morgan fingerprint density at radius 1 is 1.29 bits per heavy atom. The third-order valence-corrected chi connectivity index (χ3v) is 2.83. The summed E-state index contributed by atoms with van der Waals surface area (Å²) in [5, 5.41) is 3.45. The van der Waals surface area contributed by atoms with Crippen LogP contribution in [0.2, 0.25) is 0 Å². The molecular weight excluding hydrogens is 214 g/mol. The van der Waals surface area contributed by atoms with Gasteiger partial charge in [0, 0.05) is 24.9 Å². The summed E-state index contributed by atoms with van der Waals surface area (Å²) in [5.74, 6) is 0.869. The van der Waals surface area contributed by atoms with Gasteiger partial charge in [-0.2, -0.15) is 0 Å². The lowest BCUT2D eigenvalue weighted by Gasteiger charge is -2.27. The number of hydrogen-bond donors (Lipinski definition) is 1. The van der Waals surface area contributed by atoms with E-state index in [1.807, 2.05) is 24.3 Å². The number of benzene rings is 1. The molecule has 0 radical (unpaired) electrons. The first-order chi connectivity index (χ1) is 7.96. The molecule has 1 aromatic rings. The van der Waals surface area contributed by atoms with Gasteiger partial charge >= 0.3 is 0 Å². The van der Waals surface area contributed by atoms with Gasteiger partial charge in [0.2, 0.25) is 0 Å². The van der Waals surface area contributed by atoms with Crippen molar-refractivity contribution in [2.75, 3.05) is 19.5 Å². The molecule has 1 rings (SSSR count). The average Bonchev–Trinajstić information content (AvgIpc) is 2.28. The minimum atomic E-state index is -0.106. The molecule has 0 saturated carbocycles. The predicted octanol–water partition coefficient (Wildman–Crippen LogP) is 3.31. The topological polar surface area (TPSA) is 30.5 Å². The van der Waals surface area contributed by atoms with E-state index in [4.69, 9.17) is 9.47 Å². The number of anilines is 1. The Morgan fingerprint density at radius 3 is 2.59 bits per heavy atom. The normalized spacial score (nSPS) is 13.2. The van der Waals surface area contributed by atoms with Crippen molar-refractivity contribution in [2.45, 2.75) is 38.8 Å². The van der Waals surface area contributed by atoms with E-state index in [1.54, 1.807) is 14.2 Å². The maximum Gasteiger partial charge on any atom is 0.120 e. The molecule has 17 heavy (non-hydrogen) atoms. The molecule has 0 heterocycles. The third kappa shape index (κ3) is 4.65. The van der Waals surface area contributed by atoms with Crippen LogP contribution < -0.4 is 10.1 Å². The molecule has 3 nitrogen and oxygen atoms in total. The highest BCUT2D eigenvalue weighted by molar-refractivity contribution is 5.48. The first-order valence-corrected chi connectivity index (χ1v) is 5.92. The Bertz CT molecular complexity index is 350. The van der Waals surface area contributed by atoms with Gasteiger partial charge in [0.05, 0.1) is 12.7 Å². The lowest BCUT2D eigenvalue weighted by molar-refractivity contribution is 0.0128. The van der Waals surface area contributed by atoms with Crippen LogP contribution in [0, 0.1) is 0 Å². The minimum Gasteiger partial charge on any atom is -0.497 e. The number of nitrogens with one attached hydrogen (secondary N) is 1. The first kappa shape index (κ1) is 13.8. The number of methoxy groups -OCH3 is 2. The van der Waals surface area contributed by atoms with Crippen molar-refractivity contribution in [1.29, 1.82) is 0 Å². The van der Waals surface area contributed by atoms with E-state index < -0.39 is 0 Å². The van der Waals surface area contributed by atoms with Crippen LogP contribution in [0.25, 0.3) is 0 Å². The molecule has 0 aromatic heterocycles. The zero-order chi connectivity index (χ0) is 12.9. The molecule has 0 spiro atoms. The van der Waals surface area contributed by atoms with Crippen LogP contribution in [0.1, 0.15) is 27.2 Å². The van der Waals surface area contributed by atoms with Gasteiger partial charge in [-0.1, -0.05) is 6.07 Å². The van der Waals surface area contributed by atoms with Gasteiger partial charge in [-0.25, -0.2) is 0 Å². The second kappa shape index (κ2) is 5.92. The Labute approximate surface area is 104 Å². The largest absolute Gasteiger partial charge is 0.497 e. The van der Waals surface area contributed by atoms with Crippen LogP contribution in [-0.2, 0) is 4.74 Å². The van der Waals surface area contributed by atoms with E-state index in [9.17, 15) is 0 Å². The highest BCUT2D eigenvalue weighted by Crippen LogP contribution is 2.21. The second-order valence-electron chi connectivity index (χ2n) is 4.95. The molecule has 1 atom stereocenters. The van der Waals surface area contributed by atoms with Crippen molar-refractivity contribution in [2.24, 2.45) is 0 Å². The van der Waals surface area contributed by atoms with Crippen molar-refractivity contribution >= 4 is 5.69 Å². The standard InChI is InChI=1S/C14H23NO2/c1-11(10-14(2,3)17-5)15-12-7-6-8-13(9-12)16-4/h6-9,11,15H,10H2,1-5H3. The van der Waals surface area contributed by atoms with Crippen molar-refractivity contribution in [3.63, 3.8) is 0 Å². The number of hydrogen-bond acceptors (Lipinski definition) is 3. The summed E-state index contributed by atoms with van der Waals surface area (Å²) in [6.45, 7) is 6.34. The van der Waals surface area contributed by atoms with Crippen molar-refractivity contribution in [1.82, 2.24) is 0 Å². The highest BCUT2D eigenvalue weighted by atomic mass is 16.5. The lowest BCUT2D eigenvalue weighted by Crippen LogP contribution is -2.31. The molecule has 1 aromatic carbocycles. The molecule has 1 unspecified atom stereocenters. The molecule has 0 saturated heterocycles. The Balaban J connectivity index is 2.58. The van der Waals surface area contributed by atoms with E-state index in [0.29, 0.717) is 6.04 Å². The fraction of sp³-hybridized carbons (Fsp3) is 0.571. The molecule has 0 amide bonds. The van der Waals surface area contributed by atoms with Gasteiger partial charge in [-0.05, 0) is 39.3 Å². The quantitative estimate of drug-likeness (QED) is 0.823. The summed E-state index contributed by atoms with van der Waals surface area (Å²) in [6, 6.07) is 8.30. The van der Waals surface area contributed by atoms with Crippen LogP contribution in [-0.4, -0.2) is 25.9 Å². The second-order valence-corrected chi connectivity index (χ2v) is 4.95. The van der Waals surface area contributed by atoms with Crippen LogP contribution in [0.15, 0.2) is 24.3 Å². The number of rotatable bonds is 6. The molecule has 0 fully saturated rings. The van der Waals surface area contributed by atoms with E-state index >= 15 is 0 Å². The summed E-state index contributed by atoms with van der Waals surface area (Å²) in [6.07, 6.45) is 0.945. The lowest BCUT2D eigenvalue weighted by atomic mass is 10.00. The SMILES string of the molecule is COc1cccc(NC(C)CC(C)(C)OC)c1. The Kier molecular flexibility index (Phi) is 4.82. The molecule has 1 N–H and O–H groups in total. The summed E-state index contributed by atoms with van der Waals surface area (Å²) >= 11 is 0. The van der Waals surface area contributed by atoms with E-state index in [0.717, 1.165) is 17.9 Å². The van der Waals surface area contributed by atoms with E-state index in [2.05, 4.69) is 26.1 Å². The summed E-state index contributed by atoms with van der Waals surface area (Å²) in [7, 11) is 3.43. The van der Waals surface area contributed by atoms with Gasteiger partial charge in [0.1, 0.15) is 5.75 Å². The van der Waals surface area contributed by atoms with Crippen molar-refractivity contribution in [3.8, 4) is 5.75 Å². The smallest absolute Gasteiger partial charge is 0.120 e. The molecule has 0 aliphatic carbocycles. The molecule has 96 valence electrons. The summed E-state index contributed by atoms with van der Waals surface area (Å²) in [5.41, 5.74) is 0.967. The van der Waals surface area contributed by atoms with Gasteiger partial charge in [-0.3, -0.25) is 0 Å². The molecule has 0 aliphatic heterocycles. The third-order valence-electron chi connectivity index (χ3n) is 2.83. The maximum absolute atomic E-state index is 5.43. The van der Waals surface area contributed by atoms with Gasteiger partial charge in [-0.15, -0.1) is 0 Å². The molecular formula is C14H23NO2. The molecule has 0 aliphatic rings.